The first-order valence-electron chi connectivity index (χ1n) is 11.4. The third kappa shape index (κ3) is 5.63. The Morgan fingerprint density at radius 1 is 0.973 bits per heavy atom. The Bertz CT molecular complexity index is 1640. The van der Waals surface area contributed by atoms with Crippen molar-refractivity contribution < 1.29 is 9.59 Å². The van der Waals surface area contributed by atoms with Gasteiger partial charge in [-0.05, 0) is 54.1 Å². The average Bonchev–Trinajstić information content (AvgIpc) is 3.57. The summed E-state index contributed by atoms with van der Waals surface area (Å²) in [6, 6.07) is 17.0. The smallest absolute Gasteiger partial charge is 0.255 e. The van der Waals surface area contributed by atoms with Crippen LogP contribution in [0.3, 0.4) is 0 Å². The molecule has 4 aromatic heterocycles. The van der Waals surface area contributed by atoms with Crippen molar-refractivity contribution >= 4 is 34.5 Å². The molecule has 0 radical (unpaired) electrons. The molecule has 184 valence electrons. The summed E-state index contributed by atoms with van der Waals surface area (Å²) in [5.41, 5.74) is 2.72. The largest absolute Gasteiger partial charge is 0.294 e. The molecule has 0 atom stereocenters. The van der Waals surface area contributed by atoms with Gasteiger partial charge >= 0.3 is 0 Å². The summed E-state index contributed by atoms with van der Waals surface area (Å²) >= 11 is 7.18. The summed E-state index contributed by atoms with van der Waals surface area (Å²) in [5, 5.41) is 8.42. The van der Waals surface area contributed by atoms with Crippen molar-refractivity contribution in [2.24, 2.45) is 0 Å². The fourth-order valence-corrected chi connectivity index (χ4v) is 4.89. The number of pyridine rings is 2. The van der Waals surface area contributed by atoms with Gasteiger partial charge in [-0.15, -0.1) is 16.4 Å². The van der Waals surface area contributed by atoms with Crippen LogP contribution in [-0.2, 0) is 12.8 Å². The first-order chi connectivity index (χ1) is 18.0. The number of hydrogen-bond acceptors (Lipinski definition) is 7. The lowest BCUT2D eigenvalue weighted by Crippen LogP contribution is -2.17. The Hall–Kier alpha value is -4.21. The van der Waals surface area contributed by atoms with Gasteiger partial charge < -0.3 is 0 Å². The number of nitrogens with zero attached hydrogens (tertiary/aromatic N) is 5. The molecular weight excluding hydrogens is 510 g/mol. The zero-order valence-electron chi connectivity index (χ0n) is 19.5. The first kappa shape index (κ1) is 24.5. The van der Waals surface area contributed by atoms with Crippen LogP contribution in [0.4, 0.5) is 0 Å². The third-order valence-electron chi connectivity index (χ3n) is 5.74. The summed E-state index contributed by atoms with van der Waals surface area (Å²) in [6.07, 6.45) is 7.45. The lowest BCUT2D eigenvalue weighted by atomic mass is 10.0. The maximum Gasteiger partial charge on any atom is 0.255 e. The molecule has 10 heteroatoms. The molecule has 0 saturated carbocycles. The van der Waals surface area contributed by atoms with E-state index in [1.165, 1.54) is 26.7 Å². The Morgan fingerprint density at radius 2 is 1.81 bits per heavy atom. The summed E-state index contributed by atoms with van der Waals surface area (Å²) in [6.45, 7) is 0. The van der Waals surface area contributed by atoms with E-state index in [0.29, 0.717) is 38.3 Å². The van der Waals surface area contributed by atoms with Crippen molar-refractivity contribution in [2.75, 3.05) is 0 Å². The topological polar surface area (TPSA) is 99.7 Å². The van der Waals surface area contributed by atoms with Crippen molar-refractivity contribution in [3.63, 3.8) is 0 Å². The van der Waals surface area contributed by atoms with Crippen LogP contribution in [0.15, 0.2) is 90.2 Å². The molecule has 5 aromatic rings. The maximum absolute atomic E-state index is 13.4. The number of thiophene rings is 1. The number of hydrogen-bond donors (Lipinski definition) is 0. The lowest BCUT2D eigenvalue weighted by Gasteiger charge is -2.12. The molecule has 0 bridgehead atoms. The fourth-order valence-electron chi connectivity index (χ4n) is 3.88. The number of rotatable bonds is 9. The van der Waals surface area contributed by atoms with Crippen LogP contribution < -0.4 is 5.56 Å². The van der Waals surface area contributed by atoms with Gasteiger partial charge in [-0.1, -0.05) is 22.9 Å². The van der Waals surface area contributed by atoms with Crippen LogP contribution in [-0.4, -0.2) is 36.1 Å². The first-order valence-corrected chi connectivity index (χ1v) is 12.6. The van der Waals surface area contributed by atoms with Gasteiger partial charge in [-0.25, -0.2) is 4.68 Å². The number of carbonyl (C=O) groups is 2. The molecule has 0 N–H and O–H groups in total. The van der Waals surface area contributed by atoms with Gasteiger partial charge in [0, 0.05) is 55.2 Å². The Kier molecular flexibility index (Phi) is 7.16. The van der Waals surface area contributed by atoms with Crippen molar-refractivity contribution in [2.45, 2.75) is 19.3 Å². The van der Waals surface area contributed by atoms with Crippen molar-refractivity contribution in [1.82, 2.24) is 24.5 Å². The van der Waals surface area contributed by atoms with Gasteiger partial charge in [-0.3, -0.25) is 23.9 Å². The molecule has 0 fully saturated rings. The number of aromatic nitrogens is 5. The van der Waals surface area contributed by atoms with Gasteiger partial charge in [0.1, 0.15) is 0 Å². The normalized spacial score (nSPS) is 10.9. The number of ketones is 2. The van der Waals surface area contributed by atoms with Crippen LogP contribution >= 0.6 is 22.9 Å². The molecule has 0 amide bonds. The molecule has 37 heavy (non-hydrogen) atoms. The van der Waals surface area contributed by atoms with Crippen molar-refractivity contribution in [3.8, 4) is 11.4 Å². The van der Waals surface area contributed by atoms with Gasteiger partial charge in [-0.2, -0.15) is 0 Å². The van der Waals surface area contributed by atoms with E-state index < -0.39 is 0 Å². The quantitative estimate of drug-likeness (QED) is 0.255. The third-order valence-corrected chi connectivity index (χ3v) is 7.01. The zero-order chi connectivity index (χ0) is 25.8. The summed E-state index contributed by atoms with van der Waals surface area (Å²) in [5.74, 6) is -0.161. The zero-order valence-corrected chi connectivity index (χ0v) is 21.0. The average molecular weight is 530 g/mol. The van der Waals surface area contributed by atoms with Crippen LogP contribution in [0.2, 0.25) is 4.34 Å². The van der Waals surface area contributed by atoms with Gasteiger partial charge in [0.05, 0.1) is 26.8 Å². The number of halogens is 1. The molecule has 1 aromatic carbocycles. The summed E-state index contributed by atoms with van der Waals surface area (Å²) < 4.78 is 3.57. The van der Waals surface area contributed by atoms with E-state index in [-0.39, 0.29) is 30.0 Å². The number of Topliss-reactive ketones (excluding diaryl/α,β-unsaturated/α-hetero) is 2. The Morgan fingerprint density at radius 3 is 2.57 bits per heavy atom. The summed E-state index contributed by atoms with van der Waals surface area (Å²) in [7, 11) is 0. The molecule has 0 saturated heterocycles. The Labute approximate surface area is 220 Å². The SMILES string of the molecule is O=C(CCc1cn(-c2ccc(-n3ccccc3=O)cc2C(=O)Cc2ccncc2)nn1)c1ccc(Cl)s1. The maximum atomic E-state index is 13.4. The monoisotopic (exact) mass is 529 g/mol. The predicted octanol–water partition coefficient (Wildman–Crippen LogP) is 4.77. The number of carbonyl (C=O) groups excluding carboxylic acids is 2. The van der Waals surface area contributed by atoms with Crippen molar-refractivity contribution in [3.05, 3.63) is 122 Å². The lowest BCUT2D eigenvalue weighted by molar-refractivity contribution is 0.0981. The van der Waals surface area contributed by atoms with Crippen molar-refractivity contribution in [1.29, 1.82) is 0 Å². The van der Waals surface area contributed by atoms with Crippen LogP contribution in [0.25, 0.3) is 11.4 Å². The molecule has 0 unspecified atom stereocenters. The van der Waals surface area contributed by atoms with E-state index in [1.54, 1.807) is 79.4 Å². The van der Waals surface area contributed by atoms with Crippen LogP contribution in [0.5, 0.6) is 0 Å². The minimum atomic E-state index is -0.206. The highest BCUT2D eigenvalue weighted by atomic mass is 35.5. The minimum absolute atomic E-state index is 0.0164. The van der Waals surface area contributed by atoms with E-state index >= 15 is 0 Å². The van der Waals surface area contributed by atoms with E-state index in [0.717, 1.165) is 5.56 Å². The molecule has 4 heterocycles. The second-order valence-corrected chi connectivity index (χ2v) is 9.96. The highest BCUT2D eigenvalue weighted by Crippen LogP contribution is 2.24. The van der Waals surface area contributed by atoms with E-state index in [4.69, 9.17) is 11.6 Å². The van der Waals surface area contributed by atoms with E-state index in [1.807, 2.05) is 0 Å². The molecule has 0 aliphatic rings. The van der Waals surface area contributed by atoms with Crippen LogP contribution in [0, 0.1) is 0 Å². The molecule has 0 aliphatic carbocycles. The van der Waals surface area contributed by atoms with Gasteiger partial charge in [0.25, 0.3) is 5.56 Å². The molecule has 0 spiro atoms. The Balaban J connectivity index is 1.45. The standard InChI is InChI=1S/C27H20ClN5O3S/c28-26-9-8-25(37-26)23(34)7-4-19-17-33(31-30-19)22-6-5-20(32-14-2-1-3-27(32)36)16-21(22)24(35)15-18-10-12-29-13-11-18/h1-3,5-6,8-14,16-17H,4,7,15H2. The van der Waals surface area contributed by atoms with Crippen LogP contribution in [0.1, 0.15) is 37.7 Å². The fraction of sp³-hybridized carbons (Fsp3) is 0.111. The highest BCUT2D eigenvalue weighted by Gasteiger charge is 2.18. The molecular formula is C27H20ClN5O3S. The number of aryl methyl sites for hydroxylation is 1. The highest BCUT2D eigenvalue weighted by molar-refractivity contribution is 7.18. The molecule has 0 aliphatic heterocycles. The number of benzene rings is 1. The molecule has 8 nitrogen and oxygen atoms in total. The second-order valence-electron chi connectivity index (χ2n) is 8.25. The minimum Gasteiger partial charge on any atom is -0.294 e. The van der Waals surface area contributed by atoms with Gasteiger partial charge in [0.2, 0.25) is 0 Å². The van der Waals surface area contributed by atoms with E-state index in [2.05, 4.69) is 15.3 Å². The predicted molar refractivity (Wildman–Crippen MR) is 141 cm³/mol. The summed E-state index contributed by atoms with van der Waals surface area (Å²) in [4.78, 5) is 42.9. The van der Waals surface area contributed by atoms with E-state index in [9.17, 15) is 14.4 Å². The van der Waals surface area contributed by atoms with Gasteiger partial charge in [0.15, 0.2) is 11.6 Å². The second kappa shape index (κ2) is 10.8. The molecule has 5 rings (SSSR count).